The monoisotopic (exact) mass is 531 g/mol. The number of ketones is 1. The van der Waals surface area contributed by atoms with Gasteiger partial charge in [0.25, 0.3) is 0 Å². The van der Waals surface area contributed by atoms with Gasteiger partial charge in [-0.3, -0.25) is 19.2 Å². The van der Waals surface area contributed by atoms with Gasteiger partial charge in [-0.25, -0.2) is 4.79 Å². The molecule has 1 heterocycles. The molecule has 0 saturated heterocycles. The molecule has 0 bridgehead atoms. The molecule has 0 radical (unpaired) electrons. The maximum atomic E-state index is 13.3. The highest BCUT2D eigenvalue weighted by Crippen LogP contribution is 2.19. The lowest BCUT2D eigenvalue weighted by Gasteiger charge is -2.24. The molecule has 3 atom stereocenters. The number of rotatable bonds is 14. The molecule has 0 aliphatic heterocycles. The molecular formula is C25H33N5O6S. The summed E-state index contributed by atoms with van der Waals surface area (Å²) in [6.07, 6.45) is 1.81. The number of benzene rings is 1. The van der Waals surface area contributed by atoms with Crippen LogP contribution in [0.1, 0.15) is 39.2 Å². The number of esters is 1. The second-order valence-electron chi connectivity index (χ2n) is 8.76. The largest absolute Gasteiger partial charge is 0.461 e. The average molecular weight is 532 g/mol. The zero-order valence-electron chi connectivity index (χ0n) is 21.0. The number of ether oxygens (including phenoxy) is 1. The van der Waals surface area contributed by atoms with E-state index in [2.05, 4.69) is 33.6 Å². The lowest BCUT2D eigenvalue weighted by atomic mass is 10.0. The first-order valence-electron chi connectivity index (χ1n) is 11.8. The maximum absolute atomic E-state index is 13.3. The van der Waals surface area contributed by atoms with Crippen molar-refractivity contribution in [2.45, 2.75) is 64.3 Å². The van der Waals surface area contributed by atoms with E-state index < -0.39 is 53.7 Å². The number of hydrogen-bond donors (Lipinski definition) is 6. The molecule has 5 N–H and O–H groups in total. The number of para-hydroxylation sites is 1. The number of carbonyl (C=O) groups is 5. The molecular weight excluding hydrogens is 498 g/mol. The van der Waals surface area contributed by atoms with Crippen LogP contribution in [0.25, 0.3) is 10.9 Å². The zero-order valence-corrected chi connectivity index (χ0v) is 21.9. The molecule has 1 aromatic heterocycles. The molecule has 0 unspecified atom stereocenters. The van der Waals surface area contributed by atoms with Crippen molar-refractivity contribution in [3.05, 3.63) is 36.0 Å². The maximum Gasteiger partial charge on any atom is 0.329 e. The minimum Gasteiger partial charge on any atom is -0.461 e. The number of aromatic nitrogens is 1. The Bertz CT molecular complexity index is 1150. The van der Waals surface area contributed by atoms with Crippen LogP contribution in [0.2, 0.25) is 0 Å². The van der Waals surface area contributed by atoms with Crippen LogP contribution in [-0.2, 0) is 35.1 Å². The van der Waals surface area contributed by atoms with Gasteiger partial charge in [-0.15, -0.1) is 0 Å². The van der Waals surface area contributed by atoms with E-state index in [4.69, 9.17) is 10.1 Å². The van der Waals surface area contributed by atoms with Crippen molar-refractivity contribution in [3.8, 4) is 0 Å². The highest BCUT2D eigenvalue weighted by Gasteiger charge is 2.30. The first-order valence-corrected chi connectivity index (χ1v) is 12.5. The van der Waals surface area contributed by atoms with E-state index >= 15 is 0 Å². The van der Waals surface area contributed by atoms with Gasteiger partial charge >= 0.3 is 5.97 Å². The Hall–Kier alpha value is -3.67. The Labute approximate surface area is 220 Å². The number of fused-ring (bicyclic) bond motifs is 1. The molecule has 0 aliphatic rings. The molecule has 37 heavy (non-hydrogen) atoms. The van der Waals surface area contributed by atoms with E-state index in [0.717, 1.165) is 16.5 Å². The van der Waals surface area contributed by atoms with Gasteiger partial charge in [-0.05, 0) is 31.9 Å². The van der Waals surface area contributed by atoms with Crippen molar-refractivity contribution in [1.82, 2.24) is 20.9 Å². The van der Waals surface area contributed by atoms with Crippen molar-refractivity contribution >= 4 is 59.2 Å². The third-order valence-electron chi connectivity index (χ3n) is 5.40. The van der Waals surface area contributed by atoms with Gasteiger partial charge in [0, 0.05) is 42.6 Å². The Morgan fingerprint density at radius 2 is 1.68 bits per heavy atom. The van der Waals surface area contributed by atoms with E-state index in [1.807, 2.05) is 24.3 Å². The second-order valence-corrected chi connectivity index (χ2v) is 9.12. The van der Waals surface area contributed by atoms with E-state index in [1.54, 1.807) is 20.0 Å². The normalized spacial score (nSPS) is 13.3. The molecule has 0 fully saturated rings. The van der Waals surface area contributed by atoms with Crippen LogP contribution in [0.4, 0.5) is 0 Å². The Balaban J connectivity index is 2.23. The molecule has 200 valence electrons. The minimum atomic E-state index is -1.22. The molecule has 3 amide bonds. The summed E-state index contributed by atoms with van der Waals surface area (Å²) in [6, 6.07) is 4.19. The van der Waals surface area contributed by atoms with Crippen molar-refractivity contribution in [3.63, 3.8) is 0 Å². The predicted octanol–water partition coefficient (Wildman–Crippen LogP) is 1.06. The first kappa shape index (κ1) is 29.6. The van der Waals surface area contributed by atoms with Crippen LogP contribution in [0.5, 0.6) is 0 Å². The third-order valence-corrected chi connectivity index (χ3v) is 5.77. The van der Waals surface area contributed by atoms with Gasteiger partial charge < -0.3 is 31.1 Å². The van der Waals surface area contributed by atoms with Crippen LogP contribution in [-0.4, -0.2) is 70.7 Å². The number of aromatic amines is 1. The van der Waals surface area contributed by atoms with Gasteiger partial charge in [-0.2, -0.15) is 12.6 Å². The van der Waals surface area contributed by atoms with Gasteiger partial charge in [0.05, 0.1) is 12.3 Å². The SMILES string of the molecule is CC(=O)N[C@@H](Cc1c[nH]c2ccccc12)C(=O)N[C@@H](CCC(=O)C=N)C(=O)N[C@@H](CS)C(=O)OC(C)C. The topological polar surface area (TPSA) is 170 Å². The molecule has 2 rings (SSSR count). The molecule has 0 spiro atoms. The van der Waals surface area contributed by atoms with Crippen LogP contribution >= 0.6 is 12.6 Å². The van der Waals surface area contributed by atoms with Crippen molar-refractivity contribution in [2.24, 2.45) is 0 Å². The van der Waals surface area contributed by atoms with Crippen molar-refractivity contribution in [1.29, 1.82) is 5.41 Å². The quantitative estimate of drug-likeness (QED) is 0.121. The summed E-state index contributed by atoms with van der Waals surface area (Å²) in [5, 5.41) is 15.7. The van der Waals surface area contributed by atoms with E-state index in [9.17, 15) is 24.0 Å². The summed E-state index contributed by atoms with van der Waals surface area (Å²) < 4.78 is 5.13. The lowest BCUT2D eigenvalue weighted by Crippen LogP contribution is -2.56. The smallest absolute Gasteiger partial charge is 0.329 e. The average Bonchev–Trinajstić information content (AvgIpc) is 3.26. The summed E-state index contributed by atoms with van der Waals surface area (Å²) >= 11 is 4.10. The summed E-state index contributed by atoms with van der Waals surface area (Å²) in [6.45, 7) is 4.61. The van der Waals surface area contributed by atoms with E-state index in [0.29, 0.717) is 6.21 Å². The first-order chi connectivity index (χ1) is 17.5. The third kappa shape index (κ3) is 9.05. The number of H-pyrrole nitrogens is 1. The second kappa shape index (κ2) is 14.2. The molecule has 12 heteroatoms. The van der Waals surface area contributed by atoms with Crippen LogP contribution < -0.4 is 16.0 Å². The summed E-state index contributed by atoms with van der Waals surface area (Å²) in [4.78, 5) is 65.3. The van der Waals surface area contributed by atoms with Crippen molar-refractivity contribution in [2.75, 3.05) is 5.75 Å². The minimum absolute atomic E-state index is 0.0491. The van der Waals surface area contributed by atoms with Gasteiger partial charge in [-0.1, -0.05) is 18.2 Å². The fourth-order valence-electron chi connectivity index (χ4n) is 3.64. The predicted molar refractivity (Wildman–Crippen MR) is 142 cm³/mol. The van der Waals surface area contributed by atoms with Crippen molar-refractivity contribution < 1.29 is 28.7 Å². The number of Topliss-reactive ketones (excluding diaryl/α,β-unsaturated/α-hetero) is 1. The van der Waals surface area contributed by atoms with Crippen LogP contribution in [0.3, 0.4) is 0 Å². The molecule has 1 aromatic carbocycles. The summed E-state index contributed by atoms with van der Waals surface area (Å²) in [7, 11) is 0. The lowest BCUT2D eigenvalue weighted by molar-refractivity contribution is -0.151. The fraction of sp³-hybridized carbons (Fsp3) is 0.440. The standard InChI is InChI=1S/C25H33N5O6S/c1-14(2)36-25(35)22(13-37)30-23(33)20(9-8-17(32)11-26)29-24(34)21(28-15(3)31)10-16-12-27-19-7-5-4-6-18(16)19/h4-7,11-12,14,20-22,26-27,37H,8-10,13H2,1-3H3,(H,28,31)(H,29,34)(H,30,33)/t20-,21-,22-/m0/s1. The van der Waals surface area contributed by atoms with Crippen LogP contribution in [0.15, 0.2) is 30.5 Å². The highest BCUT2D eigenvalue weighted by atomic mass is 32.1. The molecule has 0 aliphatic carbocycles. The molecule has 2 aromatic rings. The zero-order chi connectivity index (χ0) is 27.5. The van der Waals surface area contributed by atoms with Gasteiger partial charge in [0.1, 0.15) is 18.1 Å². The summed E-state index contributed by atoms with van der Waals surface area (Å²) in [5.74, 6) is -3.07. The number of amides is 3. The Morgan fingerprint density at radius 1 is 1.03 bits per heavy atom. The van der Waals surface area contributed by atoms with Gasteiger partial charge in [0.2, 0.25) is 17.7 Å². The molecule has 0 saturated carbocycles. The van der Waals surface area contributed by atoms with Crippen LogP contribution in [0, 0.1) is 5.41 Å². The van der Waals surface area contributed by atoms with E-state index in [1.165, 1.54) is 6.92 Å². The van der Waals surface area contributed by atoms with E-state index in [-0.39, 0.29) is 25.0 Å². The van der Waals surface area contributed by atoms with Gasteiger partial charge in [0.15, 0.2) is 5.78 Å². The Morgan fingerprint density at radius 3 is 2.30 bits per heavy atom. The summed E-state index contributed by atoms with van der Waals surface area (Å²) in [5.41, 5.74) is 1.66. The number of carbonyl (C=O) groups excluding carboxylic acids is 5. The highest BCUT2D eigenvalue weighted by molar-refractivity contribution is 7.80. The number of nitrogens with one attached hydrogen (secondary N) is 5. The Kier molecular flexibility index (Phi) is 11.3. The number of hydrogen-bond acceptors (Lipinski definition) is 8. The number of thiol groups is 1. The molecule has 11 nitrogen and oxygen atoms in total. The fourth-order valence-corrected chi connectivity index (χ4v) is 3.88.